The molecule has 0 amide bonds. The molecule has 0 aromatic heterocycles. The van der Waals surface area contributed by atoms with Gasteiger partial charge in [-0.1, -0.05) is 43.7 Å². The van der Waals surface area contributed by atoms with Gasteiger partial charge in [-0.25, -0.2) is 0 Å². The molecule has 1 heteroatoms. The highest BCUT2D eigenvalue weighted by atomic mass is 16.3. The SMILES string of the molecule is CCCC1(Cc2ccccc2)CCC(O)CC1. The van der Waals surface area contributed by atoms with E-state index < -0.39 is 0 Å². The summed E-state index contributed by atoms with van der Waals surface area (Å²) in [4.78, 5) is 0. The van der Waals surface area contributed by atoms with Gasteiger partial charge in [-0.15, -0.1) is 0 Å². The molecule has 1 fully saturated rings. The van der Waals surface area contributed by atoms with E-state index in [4.69, 9.17) is 0 Å². The molecule has 94 valence electrons. The van der Waals surface area contributed by atoms with Crippen molar-refractivity contribution in [2.24, 2.45) is 5.41 Å². The molecule has 0 radical (unpaired) electrons. The zero-order valence-electron chi connectivity index (χ0n) is 10.9. The van der Waals surface area contributed by atoms with Crippen LogP contribution < -0.4 is 0 Å². The normalized spacial score (nSPS) is 29.2. The van der Waals surface area contributed by atoms with Crippen LogP contribution in [0.25, 0.3) is 0 Å². The second kappa shape index (κ2) is 5.68. The van der Waals surface area contributed by atoms with Crippen LogP contribution in [0.1, 0.15) is 51.0 Å². The lowest BCUT2D eigenvalue weighted by atomic mass is 9.67. The van der Waals surface area contributed by atoms with E-state index in [0.717, 1.165) is 12.8 Å². The van der Waals surface area contributed by atoms with Crippen molar-refractivity contribution < 1.29 is 5.11 Å². The van der Waals surface area contributed by atoms with Crippen molar-refractivity contribution in [2.45, 2.75) is 58.0 Å². The maximum Gasteiger partial charge on any atom is 0.0540 e. The molecular weight excluding hydrogens is 208 g/mol. The van der Waals surface area contributed by atoms with Crippen molar-refractivity contribution in [3.8, 4) is 0 Å². The van der Waals surface area contributed by atoms with Gasteiger partial charge in [0, 0.05) is 0 Å². The lowest BCUT2D eigenvalue weighted by Crippen LogP contribution is -2.31. The Morgan fingerprint density at radius 3 is 2.41 bits per heavy atom. The Balaban J connectivity index is 2.06. The molecule has 0 atom stereocenters. The molecule has 1 aromatic rings. The van der Waals surface area contributed by atoms with Gasteiger partial charge < -0.3 is 5.11 Å². The molecule has 17 heavy (non-hydrogen) atoms. The van der Waals surface area contributed by atoms with E-state index in [0.29, 0.717) is 5.41 Å². The van der Waals surface area contributed by atoms with Gasteiger partial charge in [0.25, 0.3) is 0 Å². The first-order valence-corrected chi connectivity index (χ1v) is 6.96. The van der Waals surface area contributed by atoms with Crippen LogP contribution >= 0.6 is 0 Å². The third kappa shape index (κ3) is 3.32. The van der Waals surface area contributed by atoms with E-state index in [9.17, 15) is 5.11 Å². The fourth-order valence-corrected chi connectivity index (χ4v) is 3.29. The Morgan fingerprint density at radius 2 is 1.82 bits per heavy atom. The zero-order chi connectivity index (χ0) is 12.1. The van der Waals surface area contributed by atoms with Gasteiger partial charge in [-0.05, 0) is 49.5 Å². The maximum absolute atomic E-state index is 9.68. The van der Waals surface area contributed by atoms with Crippen LogP contribution in [-0.4, -0.2) is 11.2 Å². The minimum Gasteiger partial charge on any atom is -0.393 e. The second-order valence-electron chi connectivity index (χ2n) is 5.64. The summed E-state index contributed by atoms with van der Waals surface area (Å²) in [5, 5.41) is 9.68. The summed E-state index contributed by atoms with van der Waals surface area (Å²) in [6.07, 6.45) is 8.06. The number of benzene rings is 1. The van der Waals surface area contributed by atoms with Gasteiger partial charge in [0.2, 0.25) is 0 Å². The molecule has 1 aliphatic carbocycles. The third-order valence-corrected chi connectivity index (χ3v) is 4.22. The summed E-state index contributed by atoms with van der Waals surface area (Å²) in [5.41, 5.74) is 1.91. The summed E-state index contributed by atoms with van der Waals surface area (Å²) in [6, 6.07) is 10.8. The molecule has 0 bridgehead atoms. The fraction of sp³-hybridized carbons (Fsp3) is 0.625. The Morgan fingerprint density at radius 1 is 1.18 bits per heavy atom. The highest BCUT2D eigenvalue weighted by molar-refractivity contribution is 5.17. The largest absolute Gasteiger partial charge is 0.393 e. The van der Waals surface area contributed by atoms with Gasteiger partial charge in [0.1, 0.15) is 0 Å². The van der Waals surface area contributed by atoms with E-state index in [1.54, 1.807) is 0 Å². The first-order chi connectivity index (χ1) is 8.24. The van der Waals surface area contributed by atoms with Crippen LogP contribution in [-0.2, 0) is 6.42 Å². The highest BCUT2D eigenvalue weighted by Gasteiger charge is 2.33. The minimum atomic E-state index is -0.0456. The standard InChI is InChI=1S/C16H24O/c1-2-10-16(11-8-15(17)9-12-16)13-14-6-4-3-5-7-14/h3-7,15,17H,2,8-13H2,1H3. The van der Waals surface area contributed by atoms with Gasteiger partial charge in [0.05, 0.1) is 6.10 Å². The summed E-state index contributed by atoms with van der Waals surface area (Å²) >= 11 is 0. The molecule has 1 N–H and O–H groups in total. The van der Waals surface area contributed by atoms with Gasteiger partial charge >= 0.3 is 0 Å². The highest BCUT2D eigenvalue weighted by Crippen LogP contribution is 2.42. The number of hydrogen-bond acceptors (Lipinski definition) is 1. The topological polar surface area (TPSA) is 20.2 Å². The van der Waals surface area contributed by atoms with Crippen molar-refractivity contribution in [3.63, 3.8) is 0 Å². The lowest BCUT2D eigenvalue weighted by Gasteiger charge is -2.39. The van der Waals surface area contributed by atoms with E-state index in [1.165, 1.54) is 37.7 Å². The van der Waals surface area contributed by atoms with E-state index in [2.05, 4.69) is 37.3 Å². The van der Waals surface area contributed by atoms with Gasteiger partial charge in [0.15, 0.2) is 0 Å². The predicted molar refractivity (Wildman–Crippen MR) is 72.0 cm³/mol. The van der Waals surface area contributed by atoms with Crippen LogP contribution in [0.3, 0.4) is 0 Å². The van der Waals surface area contributed by atoms with Gasteiger partial charge in [-0.3, -0.25) is 0 Å². The predicted octanol–water partition coefficient (Wildman–Crippen LogP) is 3.95. The Kier molecular flexibility index (Phi) is 4.22. The average molecular weight is 232 g/mol. The molecule has 0 spiro atoms. The van der Waals surface area contributed by atoms with Crippen molar-refractivity contribution >= 4 is 0 Å². The van der Waals surface area contributed by atoms with Crippen molar-refractivity contribution in [2.75, 3.05) is 0 Å². The number of hydrogen-bond donors (Lipinski definition) is 1. The van der Waals surface area contributed by atoms with Crippen LogP contribution in [0, 0.1) is 5.41 Å². The molecule has 0 unspecified atom stereocenters. The first-order valence-electron chi connectivity index (χ1n) is 6.96. The number of aliphatic hydroxyl groups is 1. The molecule has 1 aromatic carbocycles. The monoisotopic (exact) mass is 232 g/mol. The van der Waals surface area contributed by atoms with E-state index in [1.807, 2.05) is 0 Å². The van der Waals surface area contributed by atoms with E-state index in [-0.39, 0.29) is 6.10 Å². The van der Waals surface area contributed by atoms with Crippen LogP contribution in [0.5, 0.6) is 0 Å². The fourth-order valence-electron chi connectivity index (χ4n) is 3.29. The molecule has 1 nitrogen and oxygen atoms in total. The lowest BCUT2D eigenvalue weighted by molar-refractivity contribution is 0.0567. The third-order valence-electron chi connectivity index (χ3n) is 4.22. The summed E-state index contributed by atoms with van der Waals surface area (Å²) < 4.78 is 0. The minimum absolute atomic E-state index is 0.0456. The summed E-state index contributed by atoms with van der Waals surface area (Å²) in [5.74, 6) is 0. The van der Waals surface area contributed by atoms with Crippen LogP contribution in [0.2, 0.25) is 0 Å². The quantitative estimate of drug-likeness (QED) is 0.833. The molecule has 1 saturated carbocycles. The Hall–Kier alpha value is -0.820. The Bertz CT molecular complexity index is 323. The number of rotatable bonds is 4. The molecular formula is C16H24O. The maximum atomic E-state index is 9.68. The zero-order valence-corrected chi connectivity index (χ0v) is 10.9. The van der Waals surface area contributed by atoms with E-state index >= 15 is 0 Å². The smallest absolute Gasteiger partial charge is 0.0540 e. The van der Waals surface area contributed by atoms with Crippen LogP contribution in [0.4, 0.5) is 0 Å². The van der Waals surface area contributed by atoms with Crippen LogP contribution in [0.15, 0.2) is 30.3 Å². The van der Waals surface area contributed by atoms with Gasteiger partial charge in [-0.2, -0.15) is 0 Å². The number of aliphatic hydroxyl groups excluding tert-OH is 1. The Labute approximate surface area is 105 Å². The molecule has 0 aliphatic heterocycles. The van der Waals surface area contributed by atoms with Crippen molar-refractivity contribution in [3.05, 3.63) is 35.9 Å². The summed E-state index contributed by atoms with van der Waals surface area (Å²) in [6.45, 7) is 2.28. The molecule has 2 rings (SSSR count). The molecule has 0 saturated heterocycles. The molecule has 1 aliphatic rings. The molecule has 0 heterocycles. The first kappa shape index (κ1) is 12.6. The second-order valence-corrected chi connectivity index (χ2v) is 5.64. The summed E-state index contributed by atoms with van der Waals surface area (Å²) in [7, 11) is 0. The van der Waals surface area contributed by atoms with Crippen molar-refractivity contribution in [1.29, 1.82) is 0 Å². The van der Waals surface area contributed by atoms with Crippen molar-refractivity contribution in [1.82, 2.24) is 0 Å². The average Bonchev–Trinajstić information content (AvgIpc) is 2.35.